The van der Waals surface area contributed by atoms with Gasteiger partial charge in [0, 0.05) is 31.9 Å². The van der Waals surface area contributed by atoms with Crippen molar-refractivity contribution in [3.63, 3.8) is 0 Å². The second-order valence-electron chi connectivity index (χ2n) is 7.29. The second-order valence-corrected chi connectivity index (χ2v) is 7.29. The van der Waals surface area contributed by atoms with E-state index in [4.69, 9.17) is 11.0 Å². The summed E-state index contributed by atoms with van der Waals surface area (Å²) in [6, 6.07) is 13.7. The first-order valence-corrected chi connectivity index (χ1v) is 9.73. The van der Waals surface area contributed by atoms with Gasteiger partial charge in [-0.3, -0.25) is 19.4 Å². The number of nitrogens with zero attached hydrogens (tertiary/aromatic N) is 3. The summed E-state index contributed by atoms with van der Waals surface area (Å²) in [7, 11) is 0. The van der Waals surface area contributed by atoms with Crippen LogP contribution in [-0.4, -0.2) is 53.8 Å². The maximum atomic E-state index is 13.3. The number of hydrogen-bond acceptors (Lipinski definition) is 5. The molecule has 1 aliphatic heterocycles. The van der Waals surface area contributed by atoms with Gasteiger partial charge in [0.2, 0.25) is 11.8 Å². The van der Waals surface area contributed by atoms with Gasteiger partial charge in [-0.05, 0) is 42.8 Å². The predicted octanol–water partition coefficient (Wildman–Crippen LogP) is 1.87. The number of nitrogens with one attached hydrogen (secondary N) is 1. The first-order chi connectivity index (χ1) is 14.4. The van der Waals surface area contributed by atoms with Gasteiger partial charge in [-0.15, -0.1) is 0 Å². The molecule has 1 saturated heterocycles. The molecule has 3 N–H and O–H groups in total. The number of piperazine rings is 1. The van der Waals surface area contributed by atoms with E-state index in [9.17, 15) is 14.0 Å². The summed E-state index contributed by atoms with van der Waals surface area (Å²) in [5.41, 5.74) is 7.33. The molecule has 2 amide bonds. The fourth-order valence-electron chi connectivity index (χ4n) is 3.66. The maximum Gasteiger partial charge on any atom is 0.241 e. The van der Waals surface area contributed by atoms with E-state index in [1.807, 2.05) is 9.80 Å². The molecule has 2 aromatic rings. The van der Waals surface area contributed by atoms with Gasteiger partial charge in [0.05, 0.1) is 17.7 Å². The van der Waals surface area contributed by atoms with E-state index in [1.54, 1.807) is 43.3 Å². The summed E-state index contributed by atoms with van der Waals surface area (Å²) >= 11 is 0. The Morgan fingerprint density at radius 2 is 1.73 bits per heavy atom. The van der Waals surface area contributed by atoms with E-state index in [-0.39, 0.29) is 5.91 Å². The number of benzene rings is 2. The normalized spacial score (nSPS) is 17.0. The summed E-state index contributed by atoms with van der Waals surface area (Å²) in [6.45, 7) is 4.09. The van der Waals surface area contributed by atoms with Crippen LogP contribution < -0.4 is 11.1 Å². The van der Waals surface area contributed by atoms with Crippen LogP contribution in [0.25, 0.3) is 0 Å². The number of carbonyl (C=O) groups is 2. The van der Waals surface area contributed by atoms with Crippen molar-refractivity contribution >= 4 is 17.5 Å². The molecule has 8 heteroatoms. The van der Waals surface area contributed by atoms with Crippen molar-refractivity contribution in [1.29, 1.82) is 5.26 Å². The van der Waals surface area contributed by atoms with Crippen molar-refractivity contribution in [3.8, 4) is 6.07 Å². The Kier molecular flexibility index (Phi) is 6.77. The molecule has 3 rings (SSSR count). The van der Waals surface area contributed by atoms with Crippen LogP contribution in [0.2, 0.25) is 0 Å². The molecular formula is C22H24FN5O2. The number of hydrogen-bond donors (Lipinski definition) is 2. The Morgan fingerprint density at radius 1 is 1.10 bits per heavy atom. The van der Waals surface area contributed by atoms with Crippen molar-refractivity contribution in [2.24, 2.45) is 5.73 Å². The minimum atomic E-state index is -0.587. The Labute approximate surface area is 174 Å². The lowest BCUT2D eigenvalue weighted by molar-refractivity contribution is -0.126. The van der Waals surface area contributed by atoms with Crippen LogP contribution in [0.1, 0.15) is 24.1 Å². The Morgan fingerprint density at radius 3 is 2.30 bits per heavy atom. The molecular weight excluding hydrogens is 385 g/mol. The second kappa shape index (κ2) is 9.48. The predicted molar refractivity (Wildman–Crippen MR) is 111 cm³/mol. The number of carbonyl (C=O) groups excluding carboxylic acids is 2. The molecule has 0 aliphatic carbocycles. The highest BCUT2D eigenvalue weighted by molar-refractivity contribution is 5.94. The standard InChI is InChI=1S/C22H24FN5O2/c1-15(22(30)26-19-4-2-3-18(23)13-19)27-9-11-28(12-10-27)20(21(25)29)17-7-5-16(14-24)6-8-17/h2-8,13,15,20H,9-12H2,1H3,(H2,25,29)(H,26,30). The van der Waals surface area contributed by atoms with Crippen LogP contribution in [0.4, 0.5) is 10.1 Å². The molecule has 7 nitrogen and oxygen atoms in total. The molecule has 2 aromatic carbocycles. The maximum absolute atomic E-state index is 13.3. The molecule has 2 unspecified atom stereocenters. The first-order valence-electron chi connectivity index (χ1n) is 9.73. The minimum absolute atomic E-state index is 0.215. The lowest BCUT2D eigenvalue weighted by Crippen LogP contribution is -2.54. The van der Waals surface area contributed by atoms with Gasteiger partial charge < -0.3 is 11.1 Å². The Bertz CT molecular complexity index is 949. The zero-order valence-electron chi connectivity index (χ0n) is 16.7. The summed E-state index contributed by atoms with van der Waals surface area (Å²) in [5, 5.41) is 11.7. The molecule has 30 heavy (non-hydrogen) atoms. The lowest BCUT2D eigenvalue weighted by atomic mass is 10.0. The third-order valence-corrected chi connectivity index (χ3v) is 5.36. The van der Waals surface area contributed by atoms with Gasteiger partial charge >= 0.3 is 0 Å². The van der Waals surface area contributed by atoms with Crippen LogP contribution in [0.3, 0.4) is 0 Å². The Hall–Kier alpha value is -3.28. The minimum Gasteiger partial charge on any atom is -0.368 e. The van der Waals surface area contributed by atoms with Gasteiger partial charge in [-0.25, -0.2) is 4.39 Å². The molecule has 1 fully saturated rings. The van der Waals surface area contributed by atoms with Crippen LogP contribution in [0, 0.1) is 17.1 Å². The lowest BCUT2D eigenvalue weighted by Gasteiger charge is -2.40. The van der Waals surface area contributed by atoms with Crippen molar-refractivity contribution in [3.05, 3.63) is 65.5 Å². The van der Waals surface area contributed by atoms with E-state index in [1.165, 1.54) is 12.1 Å². The summed E-state index contributed by atoms with van der Waals surface area (Å²) in [6.07, 6.45) is 0. The third-order valence-electron chi connectivity index (χ3n) is 5.36. The van der Waals surface area contributed by atoms with E-state index in [0.717, 1.165) is 5.56 Å². The highest BCUT2D eigenvalue weighted by Gasteiger charge is 2.31. The quantitative estimate of drug-likeness (QED) is 0.758. The van der Waals surface area contributed by atoms with Crippen LogP contribution in [-0.2, 0) is 9.59 Å². The smallest absolute Gasteiger partial charge is 0.241 e. The fraction of sp³-hybridized carbons (Fsp3) is 0.318. The molecule has 0 bridgehead atoms. The number of anilines is 1. The molecule has 0 radical (unpaired) electrons. The highest BCUT2D eigenvalue weighted by atomic mass is 19.1. The monoisotopic (exact) mass is 409 g/mol. The van der Waals surface area contributed by atoms with Crippen LogP contribution >= 0.6 is 0 Å². The SMILES string of the molecule is CC(C(=O)Nc1cccc(F)c1)N1CCN(C(C(N)=O)c2ccc(C#N)cc2)CC1. The molecule has 2 atom stereocenters. The average molecular weight is 409 g/mol. The number of amides is 2. The molecule has 0 saturated carbocycles. The van der Waals surface area contributed by atoms with E-state index in [2.05, 4.69) is 11.4 Å². The van der Waals surface area contributed by atoms with Crippen molar-refractivity contribution in [2.45, 2.75) is 19.0 Å². The zero-order chi connectivity index (χ0) is 21.7. The topological polar surface area (TPSA) is 102 Å². The molecule has 0 spiro atoms. The first kappa shape index (κ1) is 21.4. The van der Waals surface area contributed by atoms with Gasteiger partial charge in [0.25, 0.3) is 0 Å². The zero-order valence-corrected chi connectivity index (χ0v) is 16.7. The van der Waals surface area contributed by atoms with Crippen LogP contribution in [0.5, 0.6) is 0 Å². The molecule has 0 aromatic heterocycles. The number of halogens is 1. The number of nitriles is 1. The Balaban J connectivity index is 1.61. The van der Waals surface area contributed by atoms with E-state index in [0.29, 0.717) is 37.4 Å². The largest absolute Gasteiger partial charge is 0.368 e. The fourth-order valence-corrected chi connectivity index (χ4v) is 3.66. The third kappa shape index (κ3) is 5.00. The van der Waals surface area contributed by atoms with Gasteiger partial charge in [-0.1, -0.05) is 18.2 Å². The van der Waals surface area contributed by atoms with Gasteiger partial charge in [0.1, 0.15) is 11.9 Å². The molecule has 1 aliphatic rings. The summed E-state index contributed by atoms with van der Waals surface area (Å²) in [5.74, 6) is -1.08. The van der Waals surface area contributed by atoms with E-state index < -0.39 is 23.8 Å². The average Bonchev–Trinajstić information content (AvgIpc) is 2.74. The van der Waals surface area contributed by atoms with Crippen molar-refractivity contribution in [2.75, 3.05) is 31.5 Å². The van der Waals surface area contributed by atoms with Gasteiger partial charge in [-0.2, -0.15) is 5.26 Å². The van der Waals surface area contributed by atoms with E-state index >= 15 is 0 Å². The van der Waals surface area contributed by atoms with Crippen LogP contribution in [0.15, 0.2) is 48.5 Å². The van der Waals surface area contributed by atoms with Crippen molar-refractivity contribution in [1.82, 2.24) is 9.80 Å². The number of rotatable bonds is 6. The number of primary amides is 1. The van der Waals surface area contributed by atoms with Crippen molar-refractivity contribution < 1.29 is 14.0 Å². The molecule has 1 heterocycles. The summed E-state index contributed by atoms with van der Waals surface area (Å²) in [4.78, 5) is 28.7. The van der Waals surface area contributed by atoms with Gasteiger partial charge in [0.15, 0.2) is 0 Å². The summed E-state index contributed by atoms with van der Waals surface area (Å²) < 4.78 is 13.3. The highest BCUT2D eigenvalue weighted by Crippen LogP contribution is 2.23. The number of nitrogens with two attached hydrogens (primary N) is 1. The molecule has 156 valence electrons.